The molecule has 0 bridgehead atoms. The number of nitrogens with one attached hydrogen (secondary N) is 2. The molecular weight excluding hydrogens is 268 g/mol. The number of unbranched alkanes of at least 4 members (excludes halogenated alkanes) is 3. The molecule has 1 aromatic carbocycles. The molecule has 1 atom stereocenters. The zero-order valence-electron chi connectivity index (χ0n) is 12.4. The number of benzene rings is 1. The standard InChI is InChI=1S/C16H24N2OS/c1-3-4-5-6-7-12(2)17-13-8-9-15-14(10-13)18-16(19)11-20-15/h8-10,12,17H,3-7,11H2,1-2H3,(H,18,19). The van der Waals surface area contributed by atoms with Gasteiger partial charge in [-0.25, -0.2) is 0 Å². The van der Waals surface area contributed by atoms with Crippen LogP contribution >= 0.6 is 11.8 Å². The highest BCUT2D eigenvalue weighted by atomic mass is 32.2. The van der Waals surface area contributed by atoms with Crippen LogP contribution in [0.5, 0.6) is 0 Å². The van der Waals surface area contributed by atoms with Gasteiger partial charge in [-0.2, -0.15) is 0 Å². The lowest BCUT2D eigenvalue weighted by atomic mass is 10.1. The first kappa shape index (κ1) is 15.2. The summed E-state index contributed by atoms with van der Waals surface area (Å²) in [6, 6.07) is 6.70. The van der Waals surface area contributed by atoms with Gasteiger partial charge in [-0.15, -0.1) is 11.8 Å². The fraction of sp³-hybridized carbons (Fsp3) is 0.562. The molecule has 0 aliphatic carbocycles. The third-order valence-electron chi connectivity index (χ3n) is 3.52. The van der Waals surface area contributed by atoms with E-state index in [1.54, 1.807) is 11.8 Å². The molecule has 1 aromatic rings. The highest BCUT2D eigenvalue weighted by Crippen LogP contribution is 2.33. The van der Waals surface area contributed by atoms with E-state index in [-0.39, 0.29) is 5.91 Å². The Bertz CT molecular complexity index is 462. The van der Waals surface area contributed by atoms with Gasteiger partial charge in [-0.05, 0) is 31.5 Å². The van der Waals surface area contributed by atoms with Crippen LogP contribution in [0.15, 0.2) is 23.1 Å². The Kier molecular flexibility index (Phi) is 5.77. The van der Waals surface area contributed by atoms with Crippen LogP contribution in [0.2, 0.25) is 0 Å². The maximum Gasteiger partial charge on any atom is 0.234 e. The number of fused-ring (bicyclic) bond motifs is 1. The Labute approximate surface area is 125 Å². The molecule has 1 aliphatic rings. The second kappa shape index (κ2) is 7.58. The Morgan fingerprint density at radius 1 is 1.35 bits per heavy atom. The first-order chi connectivity index (χ1) is 9.69. The summed E-state index contributed by atoms with van der Waals surface area (Å²) in [5.41, 5.74) is 2.03. The molecule has 2 rings (SSSR count). The van der Waals surface area contributed by atoms with Crippen molar-refractivity contribution in [3.8, 4) is 0 Å². The molecule has 1 aliphatic heterocycles. The largest absolute Gasteiger partial charge is 0.383 e. The summed E-state index contributed by atoms with van der Waals surface area (Å²) >= 11 is 1.60. The summed E-state index contributed by atoms with van der Waals surface area (Å²) in [6.45, 7) is 4.46. The van der Waals surface area contributed by atoms with Gasteiger partial charge < -0.3 is 10.6 Å². The van der Waals surface area contributed by atoms with E-state index in [0.29, 0.717) is 11.8 Å². The maximum absolute atomic E-state index is 11.4. The summed E-state index contributed by atoms with van der Waals surface area (Å²) in [5, 5.41) is 6.46. The molecule has 0 saturated carbocycles. The Morgan fingerprint density at radius 2 is 2.20 bits per heavy atom. The van der Waals surface area contributed by atoms with Gasteiger partial charge in [0, 0.05) is 16.6 Å². The molecule has 1 amide bonds. The lowest BCUT2D eigenvalue weighted by Gasteiger charge is -2.20. The van der Waals surface area contributed by atoms with Crippen LogP contribution in [0.25, 0.3) is 0 Å². The van der Waals surface area contributed by atoms with Crippen LogP contribution in [0, 0.1) is 0 Å². The van der Waals surface area contributed by atoms with Crippen molar-refractivity contribution in [3.63, 3.8) is 0 Å². The molecule has 3 nitrogen and oxygen atoms in total. The number of carbonyl (C=O) groups is 1. The number of rotatable bonds is 7. The van der Waals surface area contributed by atoms with Crippen LogP contribution in [0.3, 0.4) is 0 Å². The number of amides is 1. The fourth-order valence-corrected chi connectivity index (χ4v) is 3.20. The fourth-order valence-electron chi connectivity index (χ4n) is 2.41. The van der Waals surface area contributed by atoms with Gasteiger partial charge in [0.25, 0.3) is 0 Å². The number of hydrogen-bond donors (Lipinski definition) is 2. The molecule has 0 radical (unpaired) electrons. The predicted octanol–water partition coefficient (Wildman–Crippen LogP) is 4.50. The molecule has 1 heterocycles. The van der Waals surface area contributed by atoms with Gasteiger partial charge in [0.05, 0.1) is 11.4 Å². The smallest absolute Gasteiger partial charge is 0.234 e. The van der Waals surface area contributed by atoms with Crippen LogP contribution in [0.4, 0.5) is 11.4 Å². The monoisotopic (exact) mass is 292 g/mol. The van der Waals surface area contributed by atoms with Crippen LogP contribution in [-0.2, 0) is 4.79 Å². The molecule has 1 unspecified atom stereocenters. The molecule has 2 N–H and O–H groups in total. The third-order valence-corrected chi connectivity index (χ3v) is 4.59. The highest BCUT2D eigenvalue weighted by Gasteiger charge is 2.15. The second-order valence-electron chi connectivity index (χ2n) is 5.44. The van der Waals surface area contributed by atoms with Crippen molar-refractivity contribution in [3.05, 3.63) is 18.2 Å². The Balaban J connectivity index is 1.86. The minimum absolute atomic E-state index is 0.0901. The average Bonchev–Trinajstić information content (AvgIpc) is 2.43. The molecule has 20 heavy (non-hydrogen) atoms. The maximum atomic E-state index is 11.4. The summed E-state index contributed by atoms with van der Waals surface area (Å²) in [5.74, 6) is 0.611. The van der Waals surface area contributed by atoms with E-state index in [2.05, 4.69) is 36.6 Å². The van der Waals surface area contributed by atoms with E-state index in [0.717, 1.165) is 16.3 Å². The van der Waals surface area contributed by atoms with Crippen molar-refractivity contribution in [2.45, 2.75) is 56.9 Å². The van der Waals surface area contributed by atoms with E-state index in [1.807, 2.05) is 6.07 Å². The van der Waals surface area contributed by atoms with Crippen LogP contribution in [0.1, 0.15) is 46.0 Å². The van der Waals surface area contributed by atoms with Gasteiger partial charge in [-0.1, -0.05) is 32.6 Å². The highest BCUT2D eigenvalue weighted by molar-refractivity contribution is 8.00. The van der Waals surface area contributed by atoms with Gasteiger partial charge in [0.1, 0.15) is 0 Å². The molecular formula is C16H24N2OS. The van der Waals surface area contributed by atoms with Crippen LogP contribution in [-0.4, -0.2) is 17.7 Å². The van der Waals surface area contributed by atoms with Crippen molar-refractivity contribution >= 4 is 29.0 Å². The van der Waals surface area contributed by atoms with E-state index in [4.69, 9.17) is 0 Å². The zero-order chi connectivity index (χ0) is 14.4. The summed E-state index contributed by atoms with van der Waals surface area (Å²) < 4.78 is 0. The minimum atomic E-state index is 0.0901. The van der Waals surface area contributed by atoms with Crippen molar-refractivity contribution in [1.82, 2.24) is 0 Å². The quantitative estimate of drug-likeness (QED) is 0.727. The van der Waals surface area contributed by atoms with E-state index in [9.17, 15) is 4.79 Å². The Morgan fingerprint density at radius 3 is 3.00 bits per heavy atom. The lowest BCUT2D eigenvalue weighted by Crippen LogP contribution is -2.19. The zero-order valence-corrected chi connectivity index (χ0v) is 13.2. The van der Waals surface area contributed by atoms with Gasteiger partial charge in [0.15, 0.2) is 0 Å². The normalized spacial score (nSPS) is 15.4. The van der Waals surface area contributed by atoms with Gasteiger partial charge in [-0.3, -0.25) is 4.79 Å². The van der Waals surface area contributed by atoms with E-state index >= 15 is 0 Å². The molecule has 0 fully saturated rings. The number of carbonyl (C=O) groups excluding carboxylic acids is 1. The number of anilines is 2. The van der Waals surface area contributed by atoms with E-state index < -0.39 is 0 Å². The van der Waals surface area contributed by atoms with E-state index in [1.165, 1.54) is 32.1 Å². The first-order valence-electron chi connectivity index (χ1n) is 7.52. The molecule has 110 valence electrons. The van der Waals surface area contributed by atoms with Gasteiger partial charge >= 0.3 is 0 Å². The van der Waals surface area contributed by atoms with Gasteiger partial charge in [0.2, 0.25) is 5.91 Å². The number of hydrogen-bond acceptors (Lipinski definition) is 3. The lowest BCUT2D eigenvalue weighted by molar-refractivity contribution is -0.113. The second-order valence-corrected chi connectivity index (χ2v) is 6.46. The first-order valence-corrected chi connectivity index (χ1v) is 8.51. The molecule has 0 saturated heterocycles. The minimum Gasteiger partial charge on any atom is -0.383 e. The molecule has 0 aromatic heterocycles. The summed E-state index contributed by atoms with van der Waals surface area (Å²) in [7, 11) is 0. The topological polar surface area (TPSA) is 41.1 Å². The predicted molar refractivity (Wildman–Crippen MR) is 87.6 cm³/mol. The van der Waals surface area contributed by atoms with Crippen molar-refractivity contribution in [1.29, 1.82) is 0 Å². The summed E-state index contributed by atoms with van der Waals surface area (Å²) in [6.07, 6.45) is 6.40. The summed E-state index contributed by atoms with van der Waals surface area (Å²) in [4.78, 5) is 12.6. The Hall–Kier alpha value is -1.16. The van der Waals surface area contributed by atoms with Crippen molar-refractivity contribution in [2.24, 2.45) is 0 Å². The van der Waals surface area contributed by atoms with Crippen LogP contribution < -0.4 is 10.6 Å². The average molecular weight is 292 g/mol. The molecule has 4 heteroatoms. The number of thioether (sulfide) groups is 1. The van der Waals surface area contributed by atoms with Crippen molar-refractivity contribution in [2.75, 3.05) is 16.4 Å². The molecule has 0 spiro atoms. The van der Waals surface area contributed by atoms with Crippen molar-refractivity contribution < 1.29 is 4.79 Å². The SMILES string of the molecule is CCCCCCC(C)Nc1ccc2c(c1)NC(=O)CS2. The third kappa shape index (κ3) is 4.44.